The number of nitrogens with one attached hydrogen (secondary N) is 1. The van der Waals surface area contributed by atoms with Crippen LogP contribution in [0.4, 0.5) is 0 Å². The van der Waals surface area contributed by atoms with Crippen LogP contribution >= 0.6 is 22.9 Å². The molecule has 8 heteroatoms. The SMILES string of the molecule is O=C(NCC(c1ccc(Cl)cc1)N1CCc2sccc2C1)C1CCS(=O)(=O)C1. The molecule has 0 aliphatic carbocycles. The highest BCUT2D eigenvalue weighted by molar-refractivity contribution is 7.91. The van der Waals surface area contributed by atoms with Gasteiger partial charge in [0.1, 0.15) is 0 Å². The molecule has 1 aromatic carbocycles. The molecule has 2 aromatic rings. The van der Waals surface area contributed by atoms with Crippen molar-refractivity contribution in [2.45, 2.75) is 25.4 Å². The van der Waals surface area contributed by atoms with Crippen molar-refractivity contribution in [2.75, 3.05) is 24.6 Å². The van der Waals surface area contributed by atoms with Crippen molar-refractivity contribution in [3.05, 3.63) is 56.7 Å². The van der Waals surface area contributed by atoms with Gasteiger partial charge < -0.3 is 5.32 Å². The van der Waals surface area contributed by atoms with Gasteiger partial charge in [-0.15, -0.1) is 11.3 Å². The zero-order valence-electron chi connectivity index (χ0n) is 15.4. The van der Waals surface area contributed by atoms with Gasteiger partial charge >= 0.3 is 0 Å². The molecule has 1 fully saturated rings. The summed E-state index contributed by atoms with van der Waals surface area (Å²) in [5, 5.41) is 5.83. The van der Waals surface area contributed by atoms with Gasteiger partial charge in [-0.1, -0.05) is 23.7 Å². The molecule has 28 heavy (non-hydrogen) atoms. The van der Waals surface area contributed by atoms with Crippen LogP contribution in [0.25, 0.3) is 0 Å². The van der Waals surface area contributed by atoms with Crippen molar-refractivity contribution in [1.82, 2.24) is 10.2 Å². The van der Waals surface area contributed by atoms with Crippen LogP contribution in [-0.2, 0) is 27.6 Å². The highest BCUT2D eigenvalue weighted by atomic mass is 35.5. The lowest BCUT2D eigenvalue weighted by molar-refractivity contribution is -0.124. The molecule has 0 bridgehead atoms. The fraction of sp³-hybridized carbons (Fsp3) is 0.450. The lowest BCUT2D eigenvalue weighted by Gasteiger charge is -2.35. The summed E-state index contributed by atoms with van der Waals surface area (Å²) in [4.78, 5) is 16.4. The predicted molar refractivity (Wildman–Crippen MR) is 112 cm³/mol. The first kappa shape index (κ1) is 19.9. The Bertz CT molecular complexity index is 956. The monoisotopic (exact) mass is 438 g/mol. The Morgan fingerprint density at radius 1 is 1.29 bits per heavy atom. The first-order chi connectivity index (χ1) is 13.4. The number of sulfone groups is 1. The van der Waals surface area contributed by atoms with E-state index in [1.54, 1.807) is 11.3 Å². The molecule has 0 spiro atoms. The van der Waals surface area contributed by atoms with Crippen LogP contribution in [0.15, 0.2) is 35.7 Å². The summed E-state index contributed by atoms with van der Waals surface area (Å²) in [5.74, 6) is -0.514. The van der Waals surface area contributed by atoms with E-state index >= 15 is 0 Å². The minimum atomic E-state index is -3.07. The predicted octanol–water partition coefficient (Wildman–Crippen LogP) is 3.05. The number of halogens is 1. The molecule has 150 valence electrons. The Morgan fingerprint density at radius 2 is 2.07 bits per heavy atom. The Labute approximate surface area is 174 Å². The van der Waals surface area contributed by atoms with E-state index in [0.29, 0.717) is 18.0 Å². The van der Waals surface area contributed by atoms with E-state index in [2.05, 4.69) is 21.7 Å². The van der Waals surface area contributed by atoms with Crippen LogP contribution in [0, 0.1) is 5.92 Å². The van der Waals surface area contributed by atoms with Crippen LogP contribution in [0.1, 0.15) is 28.5 Å². The van der Waals surface area contributed by atoms with Crippen LogP contribution in [0.3, 0.4) is 0 Å². The third kappa shape index (κ3) is 4.43. The number of fused-ring (bicyclic) bond motifs is 1. The standard InChI is InChI=1S/C20H23ClN2O3S2/c21-17-3-1-14(2-4-17)18(23-8-5-19-15(12-23)6-9-27-19)11-22-20(24)16-7-10-28(25,26)13-16/h1-4,6,9,16,18H,5,7-8,10-13H2,(H,22,24). The number of hydrogen-bond acceptors (Lipinski definition) is 5. The zero-order chi connectivity index (χ0) is 19.7. The van der Waals surface area contributed by atoms with E-state index < -0.39 is 15.8 Å². The molecule has 1 amide bonds. The van der Waals surface area contributed by atoms with Crippen molar-refractivity contribution in [2.24, 2.45) is 5.92 Å². The Hall–Kier alpha value is -1.41. The molecule has 4 rings (SSSR count). The third-order valence-corrected chi connectivity index (χ3v) is 8.65. The molecule has 1 aromatic heterocycles. The average molecular weight is 439 g/mol. The van der Waals surface area contributed by atoms with Crippen LogP contribution in [-0.4, -0.2) is 43.8 Å². The number of thiophene rings is 1. The van der Waals surface area contributed by atoms with Gasteiger partial charge in [-0.25, -0.2) is 8.42 Å². The van der Waals surface area contributed by atoms with E-state index in [9.17, 15) is 13.2 Å². The maximum atomic E-state index is 12.5. The first-order valence-electron chi connectivity index (χ1n) is 9.44. The zero-order valence-corrected chi connectivity index (χ0v) is 17.8. The maximum absolute atomic E-state index is 12.5. The summed E-state index contributed by atoms with van der Waals surface area (Å²) >= 11 is 7.86. The van der Waals surface area contributed by atoms with Gasteiger partial charge in [-0.2, -0.15) is 0 Å². The normalized spacial score (nSPS) is 22.5. The van der Waals surface area contributed by atoms with Gasteiger partial charge in [0.2, 0.25) is 5.91 Å². The lowest BCUT2D eigenvalue weighted by Crippen LogP contribution is -2.42. The summed E-state index contributed by atoms with van der Waals surface area (Å²) in [6.07, 6.45) is 1.42. The van der Waals surface area contributed by atoms with Gasteiger partial charge in [0, 0.05) is 29.5 Å². The largest absolute Gasteiger partial charge is 0.354 e. The van der Waals surface area contributed by atoms with Gasteiger partial charge in [-0.05, 0) is 47.5 Å². The molecule has 0 saturated carbocycles. The van der Waals surface area contributed by atoms with E-state index in [1.165, 1.54) is 10.4 Å². The summed E-state index contributed by atoms with van der Waals surface area (Å²) in [7, 11) is -3.07. The van der Waals surface area contributed by atoms with E-state index in [-0.39, 0.29) is 23.5 Å². The summed E-state index contributed by atoms with van der Waals surface area (Å²) < 4.78 is 23.4. The molecule has 5 nitrogen and oxygen atoms in total. The van der Waals surface area contributed by atoms with Crippen LogP contribution in [0.5, 0.6) is 0 Å². The molecular formula is C20H23ClN2O3S2. The van der Waals surface area contributed by atoms with E-state index in [4.69, 9.17) is 11.6 Å². The number of nitrogens with zero attached hydrogens (tertiary/aromatic N) is 1. The number of rotatable bonds is 5. The van der Waals surface area contributed by atoms with Gasteiger partial charge in [0.15, 0.2) is 9.84 Å². The minimum Gasteiger partial charge on any atom is -0.354 e. The number of amides is 1. The van der Waals surface area contributed by atoms with Crippen molar-refractivity contribution in [3.8, 4) is 0 Å². The number of carbonyl (C=O) groups is 1. The lowest BCUT2D eigenvalue weighted by atomic mass is 10.0. The molecule has 3 heterocycles. The molecular weight excluding hydrogens is 416 g/mol. The Balaban J connectivity index is 1.49. The fourth-order valence-corrected chi connectivity index (χ4v) is 6.78. The van der Waals surface area contributed by atoms with Crippen molar-refractivity contribution >= 4 is 38.7 Å². The molecule has 1 saturated heterocycles. The maximum Gasteiger partial charge on any atom is 0.224 e. The number of benzene rings is 1. The molecule has 2 atom stereocenters. The Morgan fingerprint density at radius 3 is 2.79 bits per heavy atom. The second-order valence-corrected chi connectivity index (χ2v) is 11.2. The highest BCUT2D eigenvalue weighted by Gasteiger charge is 2.33. The van der Waals surface area contributed by atoms with Crippen molar-refractivity contribution in [1.29, 1.82) is 0 Å². The second-order valence-electron chi connectivity index (χ2n) is 7.50. The fourth-order valence-electron chi connectivity index (χ4n) is 4.02. The van der Waals surface area contributed by atoms with Gasteiger partial charge in [0.05, 0.1) is 23.5 Å². The summed E-state index contributed by atoms with van der Waals surface area (Å²) in [6.45, 7) is 2.23. The summed E-state index contributed by atoms with van der Waals surface area (Å²) in [6, 6.07) is 9.94. The number of carbonyl (C=O) groups excluding carboxylic acids is 1. The second kappa shape index (κ2) is 8.14. The molecule has 1 N–H and O–H groups in total. The number of hydrogen-bond donors (Lipinski definition) is 1. The topological polar surface area (TPSA) is 66.5 Å². The van der Waals surface area contributed by atoms with E-state index in [1.807, 2.05) is 24.3 Å². The van der Waals surface area contributed by atoms with Crippen LogP contribution in [0.2, 0.25) is 5.02 Å². The van der Waals surface area contributed by atoms with Crippen molar-refractivity contribution in [3.63, 3.8) is 0 Å². The minimum absolute atomic E-state index is 0.0206. The quantitative estimate of drug-likeness (QED) is 0.779. The van der Waals surface area contributed by atoms with E-state index in [0.717, 1.165) is 25.1 Å². The molecule has 2 aliphatic rings. The molecule has 2 aliphatic heterocycles. The average Bonchev–Trinajstić information content (AvgIpc) is 3.28. The van der Waals surface area contributed by atoms with Crippen LogP contribution < -0.4 is 5.32 Å². The molecule has 2 unspecified atom stereocenters. The third-order valence-electron chi connectivity index (χ3n) is 5.61. The van der Waals surface area contributed by atoms with Gasteiger partial charge in [0.25, 0.3) is 0 Å². The first-order valence-corrected chi connectivity index (χ1v) is 12.5. The Kier molecular flexibility index (Phi) is 5.78. The summed E-state index contributed by atoms with van der Waals surface area (Å²) in [5.41, 5.74) is 2.45. The smallest absolute Gasteiger partial charge is 0.224 e. The highest BCUT2D eigenvalue weighted by Crippen LogP contribution is 2.31. The van der Waals surface area contributed by atoms with Gasteiger partial charge in [-0.3, -0.25) is 9.69 Å². The molecule has 0 radical (unpaired) electrons. The van der Waals surface area contributed by atoms with Crippen molar-refractivity contribution < 1.29 is 13.2 Å².